The Kier molecular flexibility index (Phi) is 9.76. The van der Waals surface area contributed by atoms with Crippen LogP contribution in [0.1, 0.15) is 46.0 Å². The van der Waals surface area contributed by atoms with Crippen LogP contribution in [0.15, 0.2) is 72.8 Å². The van der Waals surface area contributed by atoms with E-state index in [0.717, 1.165) is 56.1 Å². The molecule has 0 radical (unpaired) electrons. The zero-order chi connectivity index (χ0) is 26.7. The fraction of sp³-hybridized carbons (Fsp3) is 0.355. The number of benzene rings is 3. The van der Waals surface area contributed by atoms with Crippen LogP contribution >= 0.6 is 0 Å². The van der Waals surface area contributed by atoms with Gasteiger partial charge in [-0.3, -0.25) is 14.5 Å². The van der Waals surface area contributed by atoms with E-state index in [1.807, 2.05) is 55.5 Å². The van der Waals surface area contributed by atoms with E-state index < -0.39 is 0 Å². The first-order valence-corrected chi connectivity index (χ1v) is 13.3. The maximum Gasteiger partial charge on any atom is 0.255 e. The molecule has 1 aliphatic heterocycles. The van der Waals surface area contributed by atoms with Gasteiger partial charge >= 0.3 is 0 Å². The standard InChI is InChI=1S/C31H37N3O4/c1-3-28(35)25-13-9-14-26(30(25)38-23-24-11-5-4-6-12-24)31(36)32-17-10-18-33-19-21-34(22-20-33)27-15-7-8-16-29(27)37-2/h4-9,11-16H,3,10,17-23H2,1-2H3,(H,32,36). The van der Waals surface area contributed by atoms with E-state index in [0.29, 0.717) is 29.8 Å². The maximum atomic E-state index is 13.1. The molecule has 0 saturated carbocycles. The van der Waals surface area contributed by atoms with E-state index in [-0.39, 0.29) is 18.3 Å². The quantitative estimate of drug-likeness (QED) is 0.276. The molecule has 1 fully saturated rings. The lowest BCUT2D eigenvalue weighted by Gasteiger charge is -2.36. The second kappa shape index (κ2) is 13.6. The number of rotatable bonds is 12. The summed E-state index contributed by atoms with van der Waals surface area (Å²) >= 11 is 0. The number of methoxy groups -OCH3 is 1. The van der Waals surface area contributed by atoms with Gasteiger partial charge in [0.2, 0.25) is 0 Å². The van der Waals surface area contributed by atoms with Crippen molar-refractivity contribution in [2.75, 3.05) is 51.3 Å². The number of Topliss-reactive ketones (excluding diaryl/α,β-unsaturated/α-hetero) is 1. The Bertz CT molecular complexity index is 1210. The Balaban J connectivity index is 1.29. The predicted molar refractivity (Wildman–Crippen MR) is 150 cm³/mol. The minimum absolute atomic E-state index is 0.0463. The summed E-state index contributed by atoms with van der Waals surface area (Å²) in [6.45, 7) is 7.36. The highest BCUT2D eigenvalue weighted by molar-refractivity contribution is 6.04. The highest BCUT2D eigenvalue weighted by atomic mass is 16.5. The summed E-state index contributed by atoms with van der Waals surface area (Å²) in [6.07, 6.45) is 1.19. The summed E-state index contributed by atoms with van der Waals surface area (Å²) in [5.74, 6) is 0.989. The van der Waals surface area contributed by atoms with Crippen molar-refractivity contribution in [3.8, 4) is 11.5 Å². The molecule has 0 spiro atoms. The highest BCUT2D eigenvalue weighted by Crippen LogP contribution is 2.29. The molecule has 0 aliphatic carbocycles. The average molecular weight is 516 g/mol. The number of carbonyl (C=O) groups excluding carboxylic acids is 2. The molecule has 3 aromatic rings. The van der Waals surface area contributed by atoms with Crippen LogP contribution in [0.2, 0.25) is 0 Å². The molecule has 1 saturated heterocycles. The van der Waals surface area contributed by atoms with Crippen LogP contribution in [0, 0.1) is 0 Å². The SMILES string of the molecule is CCC(=O)c1cccc(C(=O)NCCCN2CCN(c3ccccc3OC)CC2)c1OCc1ccccc1. The number of anilines is 1. The maximum absolute atomic E-state index is 13.1. The molecule has 1 amide bonds. The van der Waals surface area contributed by atoms with Crippen molar-refractivity contribution in [1.29, 1.82) is 0 Å². The van der Waals surface area contributed by atoms with Crippen LogP contribution in [0.3, 0.4) is 0 Å². The van der Waals surface area contributed by atoms with Crippen LogP contribution in [0.4, 0.5) is 5.69 Å². The zero-order valence-electron chi connectivity index (χ0n) is 22.3. The zero-order valence-corrected chi connectivity index (χ0v) is 22.3. The Morgan fingerprint density at radius 2 is 1.58 bits per heavy atom. The van der Waals surface area contributed by atoms with Gasteiger partial charge in [0.25, 0.3) is 5.91 Å². The van der Waals surface area contributed by atoms with Gasteiger partial charge in [0.1, 0.15) is 18.1 Å². The van der Waals surface area contributed by atoms with Crippen molar-refractivity contribution in [1.82, 2.24) is 10.2 Å². The molecule has 1 heterocycles. The molecule has 3 aromatic carbocycles. The Morgan fingerprint density at radius 1 is 0.868 bits per heavy atom. The monoisotopic (exact) mass is 515 g/mol. The van der Waals surface area contributed by atoms with E-state index in [1.165, 1.54) is 0 Å². The van der Waals surface area contributed by atoms with Crippen LogP contribution in [0.25, 0.3) is 0 Å². The summed E-state index contributed by atoms with van der Waals surface area (Å²) in [4.78, 5) is 30.5. The van der Waals surface area contributed by atoms with Crippen LogP contribution in [-0.2, 0) is 6.61 Å². The minimum atomic E-state index is -0.222. The first-order chi connectivity index (χ1) is 18.6. The Morgan fingerprint density at radius 3 is 2.32 bits per heavy atom. The summed E-state index contributed by atoms with van der Waals surface area (Å²) < 4.78 is 11.6. The number of nitrogens with zero attached hydrogens (tertiary/aromatic N) is 2. The van der Waals surface area contributed by atoms with E-state index in [2.05, 4.69) is 21.2 Å². The van der Waals surface area contributed by atoms with Gasteiger partial charge in [-0.2, -0.15) is 0 Å². The third kappa shape index (κ3) is 6.92. The van der Waals surface area contributed by atoms with Crippen molar-refractivity contribution in [2.45, 2.75) is 26.4 Å². The van der Waals surface area contributed by atoms with Crippen LogP contribution < -0.4 is 19.7 Å². The number of para-hydroxylation sites is 3. The lowest BCUT2D eigenvalue weighted by atomic mass is 10.0. The van der Waals surface area contributed by atoms with Crippen LogP contribution in [-0.4, -0.2) is 63.0 Å². The van der Waals surface area contributed by atoms with Gasteiger partial charge in [-0.15, -0.1) is 0 Å². The third-order valence-corrected chi connectivity index (χ3v) is 6.84. The normalized spacial score (nSPS) is 13.7. The molecule has 0 unspecified atom stereocenters. The molecular formula is C31H37N3O4. The van der Waals surface area contributed by atoms with Crippen molar-refractivity contribution in [3.63, 3.8) is 0 Å². The number of carbonyl (C=O) groups is 2. The second-order valence-electron chi connectivity index (χ2n) is 9.34. The lowest BCUT2D eigenvalue weighted by molar-refractivity contribution is 0.0946. The number of ketones is 1. The fourth-order valence-electron chi connectivity index (χ4n) is 4.71. The highest BCUT2D eigenvalue weighted by Gasteiger charge is 2.21. The number of amides is 1. The molecular weight excluding hydrogens is 478 g/mol. The summed E-state index contributed by atoms with van der Waals surface area (Å²) in [7, 11) is 1.71. The van der Waals surface area contributed by atoms with Gasteiger partial charge in [-0.05, 0) is 42.8 Å². The third-order valence-electron chi connectivity index (χ3n) is 6.84. The lowest BCUT2D eigenvalue weighted by Crippen LogP contribution is -2.47. The summed E-state index contributed by atoms with van der Waals surface area (Å²) in [5, 5.41) is 3.03. The average Bonchev–Trinajstić information content (AvgIpc) is 2.98. The van der Waals surface area contributed by atoms with Crippen LogP contribution in [0.5, 0.6) is 11.5 Å². The number of nitrogens with one attached hydrogen (secondary N) is 1. The Labute approximate surface area is 225 Å². The molecule has 7 nitrogen and oxygen atoms in total. The number of hydrogen-bond donors (Lipinski definition) is 1. The van der Waals surface area contributed by atoms with Crippen molar-refractivity contribution >= 4 is 17.4 Å². The summed E-state index contributed by atoms with van der Waals surface area (Å²) in [6, 6.07) is 23.1. The van der Waals surface area contributed by atoms with E-state index >= 15 is 0 Å². The van der Waals surface area contributed by atoms with Crippen molar-refractivity contribution in [2.24, 2.45) is 0 Å². The first kappa shape index (κ1) is 27.2. The second-order valence-corrected chi connectivity index (χ2v) is 9.34. The fourth-order valence-corrected chi connectivity index (χ4v) is 4.71. The molecule has 7 heteroatoms. The number of ether oxygens (including phenoxy) is 2. The van der Waals surface area contributed by atoms with Crippen molar-refractivity contribution in [3.05, 3.63) is 89.5 Å². The van der Waals surface area contributed by atoms with Gasteiger partial charge in [-0.1, -0.05) is 55.5 Å². The van der Waals surface area contributed by atoms with Crippen molar-refractivity contribution < 1.29 is 19.1 Å². The molecule has 0 atom stereocenters. The molecule has 1 aliphatic rings. The molecule has 38 heavy (non-hydrogen) atoms. The topological polar surface area (TPSA) is 71.1 Å². The largest absolute Gasteiger partial charge is 0.495 e. The first-order valence-electron chi connectivity index (χ1n) is 13.3. The van der Waals surface area contributed by atoms with E-state index in [4.69, 9.17) is 9.47 Å². The van der Waals surface area contributed by atoms with E-state index in [9.17, 15) is 9.59 Å². The number of piperazine rings is 1. The number of hydrogen-bond acceptors (Lipinski definition) is 6. The van der Waals surface area contributed by atoms with Gasteiger partial charge in [0, 0.05) is 39.1 Å². The van der Waals surface area contributed by atoms with E-state index in [1.54, 1.807) is 25.3 Å². The summed E-state index contributed by atoms with van der Waals surface area (Å²) in [5.41, 5.74) is 2.95. The molecule has 4 rings (SSSR count). The Hall–Kier alpha value is -3.84. The molecule has 0 aromatic heterocycles. The van der Waals surface area contributed by atoms with Gasteiger partial charge in [0.15, 0.2) is 5.78 Å². The smallest absolute Gasteiger partial charge is 0.255 e. The molecule has 0 bridgehead atoms. The molecule has 200 valence electrons. The molecule has 1 N–H and O–H groups in total. The van der Waals surface area contributed by atoms with Gasteiger partial charge in [-0.25, -0.2) is 0 Å². The predicted octanol–water partition coefficient (Wildman–Crippen LogP) is 4.81. The van der Waals surface area contributed by atoms with Gasteiger partial charge < -0.3 is 19.7 Å². The minimum Gasteiger partial charge on any atom is -0.495 e. The van der Waals surface area contributed by atoms with Gasteiger partial charge in [0.05, 0.1) is 23.9 Å².